The number of hydrogen-bond donors (Lipinski definition) is 1. The van der Waals surface area contributed by atoms with Crippen LogP contribution in [0.5, 0.6) is 0 Å². The normalized spacial score (nSPS) is 20.9. The first-order valence-corrected chi connectivity index (χ1v) is 7.18. The molecule has 2 atom stereocenters. The summed E-state index contributed by atoms with van der Waals surface area (Å²) in [5, 5.41) is 11.6. The van der Waals surface area contributed by atoms with E-state index in [9.17, 15) is 4.79 Å². The van der Waals surface area contributed by atoms with Crippen LogP contribution in [0.4, 0.5) is 0 Å². The predicted molar refractivity (Wildman–Crippen MR) is 77.7 cm³/mol. The quantitative estimate of drug-likeness (QED) is 0.912. The number of carbonyl (C=O) groups is 1. The van der Waals surface area contributed by atoms with Gasteiger partial charge in [-0.2, -0.15) is 5.26 Å². The van der Waals surface area contributed by atoms with E-state index in [0.29, 0.717) is 0 Å². The number of nitriles is 1. The predicted octanol–water partition coefficient (Wildman–Crippen LogP) is 2.07. The van der Waals surface area contributed by atoms with Crippen LogP contribution in [0.3, 0.4) is 0 Å². The number of benzene rings is 1. The molecule has 1 aromatic carbocycles. The lowest BCUT2D eigenvalue weighted by molar-refractivity contribution is -0.128. The molecule has 1 fully saturated rings. The first kappa shape index (κ1) is 14.5. The summed E-state index contributed by atoms with van der Waals surface area (Å²) in [7, 11) is 0. The van der Waals surface area contributed by atoms with E-state index < -0.39 is 6.04 Å². The van der Waals surface area contributed by atoms with Crippen molar-refractivity contribution in [1.29, 1.82) is 5.26 Å². The van der Waals surface area contributed by atoms with Gasteiger partial charge in [0, 0.05) is 6.54 Å². The summed E-state index contributed by atoms with van der Waals surface area (Å²) in [6.45, 7) is 3.44. The molecule has 1 N–H and O–H groups in total. The molecular formula is C16H21N3O. The summed E-state index contributed by atoms with van der Waals surface area (Å²) in [6.07, 6.45) is 3.07. The van der Waals surface area contributed by atoms with Crippen molar-refractivity contribution in [1.82, 2.24) is 10.2 Å². The van der Waals surface area contributed by atoms with Gasteiger partial charge < -0.3 is 5.32 Å². The van der Waals surface area contributed by atoms with E-state index in [1.54, 1.807) is 6.92 Å². The molecule has 0 radical (unpaired) electrons. The van der Waals surface area contributed by atoms with Crippen LogP contribution in [0, 0.1) is 11.3 Å². The van der Waals surface area contributed by atoms with Crippen molar-refractivity contribution in [2.75, 3.05) is 6.54 Å². The molecule has 4 heteroatoms. The van der Waals surface area contributed by atoms with E-state index in [2.05, 4.69) is 22.3 Å². The maximum absolute atomic E-state index is 12.3. The smallest absolute Gasteiger partial charge is 0.238 e. The number of nitrogens with zero attached hydrogens (tertiary/aromatic N) is 2. The van der Waals surface area contributed by atoms with E-state index in [-0.39, 0.29) is 11.9 Å². The molecule has 4 nitrogen and oxygen atoms in total. The number of likely N-dealkylation sites (tertiary alicyclic amines) is 1. The number of hydrogen-bond acceptors (Lipinski definition) is 3. The standard InChI is InChI=1S/C16H21N3O/c1-13(11-17)18-16(20)15-9-5-6-10-19(15)12-14-7-3-2-4-8-14/h2-4,7-8,13,15H,5-6,9-10,12H2,1H3,(H,18,20)/t13-,15-/m0/s1. The van der Waals surface area contributed by atoms with E-state index in [1.807, 2.05) is 24.3 Å². The molecule has 1 aromatic rings. The molecule has 0 bridgehead atoms. The van der Waals surface area contributed by atoms with Gasteiger partial charge in [-0.3, -0.25) is 9.69 Å². The Bertz CT molecular complexity index is 480. The van der Waals surface area contributed by atoms with Gasteiger partial charge in [0.15, 0.2) is 0 Å². The second-order valence-corrected chi connectivity index (χ2v) is 5.33. The molecule has 20 heavy (non-hydrogen) atoms. The van der Waals surface area contributed by atoms with Gasteiger partial charge in [0.2, 0.25) is 5.91 Å². The fourth-order valence-electron chi connectivity index (χ4n) is 2.64. The summed E-state index contributed by atoms with van der Waals surface area (Å²) in [5.41, 5.74) is 1.22. The Morgan fingerprint density at radius 1 is 1.45 bits per heavy atom. The third kappa shape index (κ3) is 3.82. The van der Waals surface area contributed by atoms with Crippen LogP contribution < -0.4 is 5.32 Å². The molecule has 2 rings (SSSR count). The SMILES string of the molecule is C[C@@H](C#N)NC(=O)[C@@H]1CCCCN1Cc1ccccc1. The van der Waals surface area contributed by atoms with Gasteiger partial charge in [0.1, 0.15) is 6.04 Å². The monoisotopic (exact) mass is 271 g/mol. The van der Waals surface area contributed by atoms with Crippen LogP contribution >= 0.6 is 0 Å². The fourth-order valence-corrected chi connectivity index (χ4v) is 2.64. The summed E-state index contributed by atoms with van der Waals surface area (Å²) >= 11 is 0. The van der Waals surface area contributed by atoms with E-state index in [1.165, 1.54) is 5.56 Å². The minimum absolute atomic E-state index is 0.0188. The summed E-state index contributed by atoms with van der Waals surface area (Å²) in [6, 6.07) is 11.7. The van der Waals surface area contributed by atoms with Crippen molar-refractivity contribution in [3.8, 4) is 6.07 Å². The van der Waals surface area contributed by atoms with E-state index in [0.717, 1.165) is 32.4 Å². The van der Waals surface area contributed by atoms with Crippen LogP contribution in [0.25, 0.3) is 0 Å². The summed E-state index contributed by atoms with van der Waals surface area (Å²) in [5.74, 6) is -0.0188. The third-order valence-electron chi connectivity index (χ3n) is 3.70. The highest BCUT2D eigenvalue weighted by Crippen LogP contribution is 2.20. The van der Waals surface area contributed by atoms with Gasteiger partial charge in [-0.25, -0.2) is 0 Å². The highest BCUT2D eigenvalue weighted by Gasteiger charge is 2.29. The zero-order chi connectivity index (χ0) is 14.4. The lowest BCUT2D eigenvalue weighted by Crippen LogP contribution is -2.50. The molecule has 0 saturated carbocycles. The molecule has 1 aliphatic heterocycles. The number of piperidine rings is 1. The summed E-state index contributed by atoms with van der Waals surface area (Å²) in [4.78, 5) is 14.5. The highest BCUT2D eigenvalue weighted by molar-refractivity contribution is 5.82. The molecule has 0 unspecified atom stereocenters. The lowest BCUT2D eigenvalue weighted by Gasteiger charge is -2.34. The maximum Gasteiger partial charge on any atom is 0.238 e. The van der Waals surface area contributed by atoms with Gasteiger partial charge in [0.25, 0.3) is 0 Å². The Balaban J connectivity index is 2.02. The number of rotatable bonds is 4. The average Bonchev–Trinajstić information content (AvgIpc) is 2.48. The Kier molecular flexibility index (Phi) is 5.14. The largest absolute Gasteiger partial charge is 0.339 e. The summed E-state index contributed by atoms with van der Waals surface area (Å²) < 4.78 is 0. The van der Waals surface area contributed by atoms with E-state index >= 15 is 0 Å². The molecular weight excluding hydrogens is 250 g/mol. The zero-order valence-electron chi connectivity index (χ0n) is 11.9. The van der Waals surface area contributed by atoms with Crippen LogP contribution in [0.2, 0.25) is 0 Å². The van der Waals surface area contributed by atoms with Crippen molar-refractivity contribution in [2.45, 2.75) is 44.8 Å². The minimum atomic E-state index is -0.428. The second-order valence-electron chi connectivity index (χ2n) is 5.33. The highest BCUT2D eigenvalue weighted by atomic mass is 16.2. The fraction of sp³-hybridized carbons (Fsp3) is 0.500. The van der Waals surface area contributed by atoms with Crippen molar-refractivity contribution in [2.24, 2.45) is 0 Å². The van der Waals surface area contributed by atoms with Crippen LogP contribution in [-0.4, -0.2) is 29.4 Å². The minimum Gasteiger partial charge on any atom is -0.339 e. The van der Waals surface area contributed by atoms with Crippen molar-refractivity contribution >= 4 is 5.91 Å². The van der Waals surface area contributed by atoms with Crippen molar-refractivity contribution < 1.29 is 4.79 Å². The Labute approximate surface area is 120 Å². The molecule has 1 heterocycles. The van der Waals surface area contributed by atoms with Crippen LogP contribution in [-0.2, 0) is 11.3 Å². The maximum atomic E-state index is 12.3. The van der Waals surface area contributed by atoms with Crippen molar-refractivity contribution in [3.05, 3.63) is 35.9 Å². The molecule has 106 valence electrons. The molecule has 0 spiro atoms. The molecule has 0 aromatic heterocycles. The second kappa shape index (κ2) is 7.06. The molecule has 1 saturated heterocycles. The number of nitrogens with one attached hydrogen (secondary N) is 1. The first-order valence-electron chi connectivity index (χ1n) is 7.18. The van der Waals surface area contributed by atoms with Gasteiger partial charge in [0.05, 0.1) is 12.1 Å². The Morgan fingerprint density at radius 3 is 2.90 bits per heavy atom. The van der Waals surface area contributed by atoms with Crippen LogP contribution in [0.15, 0.2) is 30.3 Å². The Morgan fingerprint density at radius 2 is 2.20 bits per heavy atom. The van der Waals surface area contributed by atoms with Gasteiger partial charge in [-0.05, 0) is 31.9 Å². The Hall–Kier alpha value is -1.86. The number of carbonyl (C=O) groups excluding carboxylic acids is 1. The van der Waals surface area contributed by atoms with Gasteiger partial charge in [-0.1, -0.05) is 36.8 Å². The van der Waals surface area contributed by atoms with Gasteiger partial charge >= 0.3 is 0 Å². The first-order chi connectivity index (χ1) is 9.70. The zero-order valence-corrected chi connectivity index (χ0v) is 11.9. The van der Waals surface area contributed by atoms with Crippen molar-refractivity contribution in [3.63, 3.8) is 0 Å². The number of amides is 1. The topological polar surface area (TPSA) is 56.1 Å². The molecule has 1 aliphatic rings. The third-order valence-corrected chi connectivity index (χ3v) is 3.70. The van der Waals surface area contributed by atoms with E-state index in [4.69, 9.17) is 5.26 Å². The van der Waals surface area contributed by atoms with Gasteiger partial charge in [-0.15, -0.1) is 0 Å². The molecule has 0 aliphatic carbocycles. The average molecular weight is 271 g/mol. The lowest BCUT2D eigenvalue weighted by atomic mass is 10.00. The van der Waals surface area contributed by atoms with Crippen LogP contribution in [0.1, 0.15) is 31.7 Å². The molecule has 1 amide bonds.